The molecular weight excluding hydrogens is 390 g/mol. The van der Waals surface area contributed by atoms with Gasteiger partial charge in [-0.2, -0.15) is 0 Å². The van der Waals surface area contributed by atoms with Crippen LogP contribution in [0.2, 0.25) is 0 Å². The number of carbonyl (C=O) groups excluding carboxylic acids is 1. The molecule has 3 aliphatic carbocycles. The molecule has 13 heavy (non-hydrogen) atoms. The van der Waals surface area contributed by atoms with Crippen molar-refractivity contribution in [1.29, 1.82) is 0 Å². The molecule has 0 amide bonds. The molecule has 0 N–H and O–H groups in total. The predicted octanol–water partition coefficient (Wildman–Crippen LogP) is -1.27. The van der Waals surface area contributed by atoms with E-state index >= 15 is 0 Å². The van der Waals surface area contributed by atoms with Crippen LogP contribution >= 0.6 is 22.6 Å². The van der Waals surface area contributed by atoms with Crippen molar-refractivity contribution in [2.75, 3.05) is 4.93 Å². The van der Waals surface area contributed by atoms with Gasteiger partial charge in [-0.05, 0) is 0 Å². The van der Waals surface area contributed by atoms with E-state index < -0.39 is 0 Å². The maximum absolute atomic E-state index is 11.8. The van der Waals surface area contributed by atoms with Crippen LogP contribution in [-0.2, 0) is 4.79 Å². The van der Waals surface area contributed by atoms with Crippen LogP contribution in [0, 0.1) is 23.7 Å². The van der Waals surface area contributed by atoms with Crippen LogP contribution in [0.5, 0.6) is 0 Å². The first kappa shape index (κ1) is 9.36. The van der Waals surface area contributed by atoms with Gasteiger partial charge in [-0.15, -0.1) is 0 Å². The monoisotopic (exact) mass is 403 g/mol. The molecule has 0 spiro atoms. The Labute approximate surface area is 103 Å². The summed E-state index contributed by atoms with van der Waals surface area (Å²) >= 11 is 2.93. The van der Waals surface area contributed by atoms with Crippen molar-refractivity contribution in [3.8, 4) is 0 Å². The number of ketones is 1. The van der Waals surface area contributed by atoms with Gasteiger partial charge in [0.15, 0.2) is 0 Å². The number of alkyl halides is 3. The van der Waals surface area contributed by atoms with Crippen LogP contribution in [0.25, 0.3) is 0 Å². The molecule has 0 saturated heterocycles. The van der Waals surface area contributed by atoms with Gasteiger partial charge in [0.1, 0.15) is 0 Å². The summed E-state index contributed by atoms with van der Waals surface area (Å²) in [6.45, 7) is 0. The van der Waals surface area contributed by atoms with Crippen molar-refractivity contribution in [3.05, 3.63) is 0 Å². The van der Waals surface area contributed by atoms with Crippen LogP contribution in [0.3, 0.4) is 0 Å². The number of Topliss-reactive ketones (excluding diaryl/α,β-unsaturated/α-hetero) is 1. The molecule has 6 unspecified atom stereocenters. The van der Waals surface area contributed by atoms with Gasteiger partial charge in [0, 0.05) is 0 Å². The van der Waals surface area contributed by atoms with E-state index in [1.54, 1.807) is 0 Å². The number of hydrogen-bond donors (Lipinski definition) is 0. The molecule has 0 aromatic rings. The Morgan fingerprint density at radius 1 is 1.38 bits per heavy atom. The zero-order chi connectivity index (χ0) is 9.16. The summed E-state index contributed by atoms with van der Waals surface area (Å²) in [5.41, 5.74) is 0. The van der Waals surface area contributed by atoms with E-state index in [2.05, 4.69) is 27.5 Å². The van der Waals surface area contributed by atoms with Gasteiger partial charge in [0.05, 0.1) is 0 Å². The average Bonchev–Trinajstić information content (AvgIpc) is 2.65. The first-order chi connectivity index (χ1) is 6.24. The van der Waals surface area contributed by atoms with Gasteiger partial charge < -0.3 is 0 Å². The molecule has 6 atom stereocenters. The fourth-order valence-corrected chi connectivity index (χ4v) is 9.61. The molecule has 0 aromatic heterocycles. The van der Waals surface area contributed by atoms with E-state index in [9.17, 15) is 4.79 Å². The minimum absolute atomic E-state index is 0.364. The zero-order valence-corrected chi connectivity index (χ0v) is 11.9. The summed E-state index contributed by atoms with van der Waals surface area (Å²) in [6.07, 6.45) is 2.34. The number of carbonyl (C=O) groups is 1. The SMILES string of the molecule is C[I-]C1C2CC3C1CC(=O)C3C2I. The number of rotatable bonds is 1. The molecule has 3 fully saturated rings. The van der Waals surface area contributed by atoms with E-state index in [1.807, 2.05) is 0 Å². The van der Waals surface area contributed by atoms with Crippen molar-refractivity contribution in [3.63, 3.8) is 0 Å². The van der Waals surface area contributed by atoms with Crippen LogP contribution in [0.1, 0.15) is 12.8 Å². The minimum atomic E-state index is 0.364. The van der Waals surface area contributed by atoms with E-state index in [1.165, 1.54) is 6.42 Å². The van der Waals surface area contributed by atoms with E-state index in [0.29, 0.717) is 36.8 Å². The number of fused-ring (bicyclic) bond motifs is 1. The van der Waals surface area contributed by atoms with E-state index in [0.717, 1.165) is 28.1 Å². The Kier molecular flexibility index (Phi) is 2.20. The van der Waals surface area contributed by atoms with Gasteiger partial charge in [-0.3, -0.25) is 0 Å². The first-order valence-corrected chi connectivity index (χ1v) is 9.53. The number of halogens is 2. The first-order valence-electron chi connectivity index (χ1n) is 4.89. The van der Waals surface area contributed by atoms with Gasteiger partial charge in [-0.1, -0.05) is 0 Å². The molecule has 3 rings (SSSR count). The van der Waals surface area contributed by atoms with Crippen molar-refractivity contribution >= 4 is 28.4 Å². The van der Waals surface area contributed by atoms with Crippen LogP contribution in [0.15, 0.2) is 0 Å². The molecule has 0 aromatic carbocycles. The third-order valence-electron chi connectivity index (χ3n) is 4.19. The molecule has 3 aliphatic rings. The Morgan fingerprint density at radius 3 is 2.85 bits per heavy atom. The molecule has 0 radical (unpaired) electrons. The topological polar surface area (TPSA) is 17.1 Å². The molecule has 0 heterocycles. The molecule has 0 aliphatic heterocycles. The van der Waals surface area contributed by atoms with Gasteiger partial charge in [-0.25, -0.2) is 0 Å². The zero-order valence-electron chi connectivity index (χ0n) is 7.54. The second-order valence-corrected chi connectivity index (χ2v) is 8.65. The van der Waals surface area contributed by atoms with E-state index in [-0.39, 0.29) is 0 Å². The summed E-state index contributed by atoms with van der Waals surface area (Å²) < 4.78 is 1.70. The maximum atomic E-state index is 11.8. The van der Waals surface area contributed by atoms with Crippen molar-refractivity contribution in [2.24, 2.45) is 23.7 Å². The summed E-state index contributed by atoms with van der Waals surface area (Å²) in [4.78, 5) is 14.2. The number of hydrogen-bond acceptors (Lipinski definition) is 1. The normalized spacial score (nSPS) is 58.2. The van der Waals surface area contributed by atoms with Gasteiger partial charge >= 0.3 is 104 Å². The third-order valence-corrected chi connectivity index (χ3v) is 9.17. The van der Waals surface area contributed by atoms with Crippen molar-refractivity contribution < 1.29 is 26.0 Å². The fraction of sp³-hybridized carbons (Fsp3) is 0.900. The van der Waals surface area contributed by atoms with E-state index in [4.69, 9.17) is 0 Å². The van der Waals surface area contributed by atoms with Crippen LogP contribution in [0.4, 0.5) is 0 Å². The average molecular weight is 403 g/mol. The van der Waals surface area contributed by atoms with Crippen molar-refractivity contribution in [2.45, 2.75) is 20.7 Å². The second-order valence-electron chi connectivity index (χ2n) is 4.53. The molecule has 2 bridgehead atoms. The summed E-state index contributed by atoms with van der Waals surface area (Å²) in [5.74, 6) is 3.69. The Morgan fingerprint density at radius 2 is 2.15 bits per heavy atom. The Hall–Kier alpha value is 1.13. The molecule has 1 nitrogen and oxygen atoms in total. The molecule has 3 saturated carbocycles. The Balaban J connectivity index is 2.00. The summed E-state index contributed by atoms with van der Waals surface area (Å²) in [6, 6.07) is 0. The fourth-order valence-electron chi connectivity index (χ4n) is 3.77. The standard InChI is InChI=1S/C10H13I2O/c1-12-10-5-3-7(13)8-4(5)2-6(10)9(8)11/h4-6,8-10H,2-3H2,1H3/q-1. The van der Waals surface area contributed by atoms with Crippen LogP contribution in [-0.4, -0.2) is 18.6 Å². The summed E-state index contributed by atoms with van der Waals surface area (Å²) in [7, 11) is 0. The second kappa shape index (κ2) is 3.06. The van der Waals surface area contributed by atoms with Crippen molar-refractivity contribution in [1.82, 2.24) is 0 Å². The predicted molar refractivity (Wildman–Crippen MR) is 55.7 cm³/mol. The van der Waals surface area contributed by atoms with Crippen LogP contribution < -0.4 is 21.2 Å². The third kappa shape index (κ3) is 1.06. The molecule has 3 heteroatoms. The molecular formula is C10H13I2O-. The van der Waals surface area contributed by atoms with Gasteiger partial charge in [0.2, 0.25) is 0 Å². The molecule has 74 valence electrons. The Bertz CT molecular complexity index is 266. The van der Waals surface area contributed by atoms with Gasteiger partial charge in [0.25, 0.3) is 0 Å². The summed E-state index contributed by atoms with van der Waals surface area (Å²) in [5, 5.41) is 0. The quantitative estimate of drug-likeness (QED) is 0.395.